The van der Waals surface area contributed by atoms with E-state index in [-0.39, 0.29) is 0 Å². The van der Waals surface area contributed by atoms with Gasteiger partial charge in [-0.15, -0.1) is 11.7 Å². The molecule has 1 rings (SSSR count). The Morgan fingerprint density at radius 1 is 1.20 bits per heavy atom. The highest BCUT2D eigenvalue weighted by Gasteiger charge is 2.00. The average Bonchev–Trinajstić information content (AvgIpc) is 1.95. The van der Waals surface area contributed by atoms with E-state index < -0.39 is 11.6 Å². The predicted molar refractivity (Wildman–Crippen MR) is 41.2 cm³/mol. The third-order valence-corrected chi connectivity index (χ3v) is 2.09. The predicted octanol–water partition coefficient (Wildman–Crippen LogP) is 2.90. The smallest absolute Gasteiger partial charge is 0.159 e. The Morgan fingerprint density at radius 2 is 1.90 bits per heavy atom. The molecule has 0 amide bonds. The highest BCUT2D eigenvalue weighted by atomic mass is 33.1. The second kappa shape index (κ2) is 3.25. The maximum atomic E-state index is 12.3. The van der Waals surface area contributed by atoms with E-state index in [1.807, 2.05) is 0 Å². The molecule has 4 heteroatoms. The van der Waals surface area contributed by atoms with Crippen molar-refractivity contribution in [3.8, 4) is 0 Å². The summed E-state index contributed by atoms with van der Waals surface area (Å²) in [6, 6.07) is 3.65. The normalized spacial score (nSPS) is 9.90. The van der Waals surface area contributed by atoms with Gasteiger partial charge in [-0.3, -0.25) is 0 Å². The van der Waals surface area contributed by atoms with E-state index in [1.54, 1.807) is 0 Å². The lowest BCUT2D eigenvalue weighted by Crippen LogP contribution is -1.81. The van der Waals surface area contributed by atoms with Gasteiger partial charge < -0.3 is 0 Å². The summed E-state index contributed by atoms with van der Waals surface area (Å²) in [5.74, 6) is -1.66. The van der Waals surface area contributed by atoms with Crippen LogP contribution in [-0.2, 0) is 0 Å². The summed E-state index contributed by atoms with van der Waals surface area (Å²) in [7, 11) is 1.08. The molecule has 0 aliphatic carbocycles. The second-order valence-corrected chi connectivity index (χ2v) is 2.87. The lowest BCUT2D eigenvalue weighted by atomic mass is 10.3. The number of benzene rings is 1. The lowest BCUT2D eigenvalue weighted by molar-refractivity contribution is 0.506. The van der Waals surface area contributed by atoms with Crippen LogP contribution >= 0.6 is 22.5 Å². The van der Waals surface area contributed by atoms with Crippen molar-refractivity contribution in [2.24, 2.45) is 0 Å². The third-order valence-electron chi connectivity index (χ3n) is 0.996. The van der Waals surface area contributed by atoms with E-state index in [9.17, 15) is 8.78 Å². The molecule has 1 aromatic rings. The molecule has 0 heterocycles. The van der Waals surface area contributed by atoms with Gasteiger partial charge in [-0.2, -0.15) is 0 Å². The Hall–Kier alpha value is -0.220. The van der Waals surface area contributed by atoms with Crippen molar-refractivity contribution < 1.29 is 8.78 Å². The van der Waals surface area contributed by atoms with Crippen LogP contribution in [0.15, 0.2) is 23.1 Å². The molecule has 0 spiro atoms. The van der Waals surface area contributed by atoms with Crippen LogP contribution in [-0.4, -0.2) is 0 Å². The summed E-state index contributed by atoms with van der Waals surface area (Å²) < 4.78 is 24.6. The molecule has 0 bridgehead atoms. The molecule has 0 unspecified atom stereocenters. The zero-order chi connectivity index (χ0) is 7.56. The average molecular weight is 178 g/mol. The number of thiol groups is 1. The Labute approximate surface area is 66.4 Å². The summed E-state index contributed by atoms with van der Waals surface area (Å²) in [6.07, 6.45) is 0. The number of hydrogen-bond donors (Lipinski definition) is 1. The van der Waals surface area contributed by atoms with Crippen molar-refractivity contribution in [2.45, 2.75) is 4.90 Å². The summed E-state index contributed by atoms with van der Waals surface area (Å²) in [5, 5.41) is 0. The van der Waals surface area contributed by atoms with E-state index in [4.69, 9.17) is 0 Å². The van der Waals surface area contributed by atoms with E-state index in [0.717, 1.165) is 22.9 Å². The molecule has 10 heavy (non-hydrogen) atoms. The van der Waals surface area contributed by atoms with Crippen molar-refractivity contribution in [3.63, 3.8) is 0 Å². The first-order chi connectivity index (χ1) is 4.74. The monoisotopic (exact) mass is 178 g/mol. The zero-order valence-electron chi connectivity index (χ0n) is 4.84. The van der Waals surface area contributed by atoms with Gasteiger partial charge in [-0.05, 0) is 18.2 Å². The van der Waals surface area contributed by atoms with Crippen LogP contribution in [0.3, 0.4) is 0 Å². The molecular formula is C6H4F2S2. The van der Waals surface area contributed by atoms with Crippen LogP contribution in [0.25, 0.3) is 0 Å². The minimum atomic E-state index is -0.834. The first-order valence-corrected chi connectivity index (χ1v) is 4.37. The van der Waals surface area contributed by atoms with Gasteiger partial charge in [0.05, 0.1) is 0 Å². The van der Waals surface area contributed by atoms with Gasteiger partial charge >= 0.3 is 0 Å². The molecule has 0 aliphatic rings. The van der Waals surface area contributed by atoms with Crippen LogP contribution in [0.4, 0.5) is 8.78 Å². The van der Waals surface area contributed by atoms with Crippen molar-refractivity contribution in [1.82, 2.24) is 0 Å². The van der Waals surface area contributed by atoms with Gasteiger partial charge in [-0.1, -0.05) is 10.8 Å². The van der Waals surface area contributed by atoms with Crippen molar-refractivity contribution >= 4 is 22.5 Å². The van der Waals surface area contributed by atoms with Gasteiger partial charge in [0.15, 0.2) is 11.6 Å². The lowest BCUT2D eigenvalue weighted by Gasteiger charge is -1.94. The fourth-order valence-corrected chi connectivity index (χ4v) is 1.16. The summed E-state index contributed by atoms with van der Waals surface area (Å²) in [5.41, 5.74) is 0. The maximum Gasteiger partial charge on any atom is 0.159 e. The zero-order valence-corrected chi connectivity index (χ0v) is 6.55. The minimum Gasteiger partial charge on any atom is -0.204 e. The SMILES string of the molecule is Fc1ccc(SS)cc1F. The Balaban J connectivity index is 3.04. The summed E-state index contributed by atoms with van der Waals surface area (Å²) in [6.45, 7) is 0. The topological polar surface area (TPSA) is 0 Å². The molecule has 0 aromatic heterocycles. The maximum absolute atomic E-state index is 12.3. The van der Waals surface area contributed by atoms with Crippen LogP contribution in [0, 0.1) is 11.6 Å². The number of halogens is 2. The molecule has 0 aliphatic heterocycles. The van der Waals surface area contributed by atoms with Crippen molar-refractivity contribution in [3.05, 3.63) is 29.8 Å². The largest absolute Gasteiger partial charge is 0.204 e. The highest BCUT2D eigenvalue weighted by Crippen LogP contribution is 2.22. The Kier molecular flexibility index (Phi) is 2.56. The first-order valence-electron chi connectivity index (χ1n) is 2.50. The van der Waals surface area contributed by atoms with E-state index in [2.05, 4.69) is 11.7 Å². The first kappa shape index (κ1) is 7.88. The fourth-order valence-electron chi connectivity index (χ4n) is 0.534. The van der Waals surface area contributed by atoms with Gasteiger partial charge in [0, 0.05) is 4.90 Å². The summed E-state index contributed by atoms with van der Waals surface area (Å²) >= 11 is 3.82. The molecule has 0 fully saturated rings. The third kappa shape index (κ3) is 1.64. The van der Waals surface area contributed by atoms with E-state index in [0.29, 0.717) is 4.90 Å². The minimum absolute atomic E-state index is 0.599. The number of hydrogen-bond acceptors (Lipinski definition) is 2. The van der Waals surface area contributed by atoms with Gasteiger partial charge in [0.2, 0.25) is 0 Å². The standard InChI is InChI=1S/C6H4F2S2/c7-5-2-1-4(10-9)3-6(5)8/h1-3,9H. The quantitative estimate of drug-likeness (QED) is 0.509. The summed E-state index contributed by atoms with van der Waals surface area (Å²) in [4.78, 5) is 0.599. The van der Waals surface area contributed by atoms with Crippen LogP contribution in [0.2, 0.25) is 0 Å². The van der Waals surface area contributed by atoms with Crippen molar-refractivity contribution in [2.75, 3.05) is 0 Å². The Bertz CT molecular complexity index is 237. The molecular weight excluding hydrogens is 174 g/mol. The molecule has 0 radical (unpaired) electrons. The highest BCUT2D eigenvalue weighted by molar-refractivity contribution is 8.68. The molecule has 1 aromatic carbocycles. The fraction of sp³-hybridized carbons (Fsp3) is 0. The van der Waals surface area contributed by atoms with Gasteiger partial charge in [0.1, 0.15) is 0 Å². The molecule has 0 atom stereocenters. The second-order valence-electron chi connectivity index (χ2n) is 1.67. The Morgan fingerprint density at radius 3 is 2.40 bits per heavy atom. The van der Waals surface area contributed by atoms with Crippen LogP contribution in [0.1, 0.15) is 0 Å². The molecule has 0 saturated carbocycles. The molecule has 0 nitrogen and oxygen atoms in total. The van der Waals surface area contributed by atoms with Gasteiger partial charge in [0.25, 0.3) is 0 Å². The van der Waals surface area contributed by atoms with Crippen LogP contribution < -0.4 is 0 Å². The van der Waals surface area contributed by atoms with E-state index in [1.165, 1.54) is 6.07 Å². The molecule has 54 valence electrons. The number of rotatable bonds is 1. The van der Waals surface area contributed by atoms with Gasteiger partial charge in [-0.25, -0.2) is 8.78 Å². The van der Waals surface area contributed by atoms with Crippen molar-refractivity contribution in [1.29, 1.82) is 0 Å². The molecule has 0 N–H and O–H groups in total. The van der Waals surface area contributed by atoms with Crippen LogP contribution in [0.5, 0.6) is 0 Å². The van der Waals surface area contributed by atoms with E-state index >= 15 is 0 Å². The molecule has 0 saturated heterocycles.